The average Bonchev–Trinajstić information content (AvgIpc) is 2.75. The number of nitrogens with zero attached hydrogens (tertiary/aromatic N) is 1. The van der Waals surface area contributed by atoms with Crippen molar-refractivity contribution in [1.82, 2.24) is 10.3 Å². The number of aliphatic hydroxyl groups is 1. The molecule has 7 atom stereocenters. The summed E-state index contributed by atoms with van der Waals surface area (Å²) in [6, 6.07) is 3.83. The molecule has 0 saturated heterocycles. The van der Waals surface area contributed by atoms with Crippen molar-refractivity contribution in [3.05, 3.63) is 66.0 Å². The van der Waals surface area contributed by atoms with Crippen molar-refractivity contribution in [2.24, 2.45) is 35.5 Å². The van der Waals surface area contributed by atoms with Gasteiger partial charge in [0.05, 0.1) is 6.10 Å². The van der Waals surface area contributed by atoms with E-state index in [-0.39, 0.29) is 17.9 Å². The molecule has 1 amide bonds. The van der Waals surface area contributed by atoms with Crippen molar-refractivity contribution < 1.29 is 9.90 Å². The lowest BCUT2D eigenvalue weighted by atomic mass is 9.58. The third-order valence-corrected chi connectivity index (χ3v) is 7.06. The summed E-state index contributed by atoms with van der Waals surface area (Å²) in [6.45, 7) is 9.10. The van der Waals surface area contributed by atoms with Gasteiger partial charge >= 0.3 is 0 Å². The Balaban J connectivity index is 1.68. The third kappa shape index (κ3) is 5.10. The molecule has 1 aromatic rings. The van der Waals surface area contributed by atoms with Gasteiger partial charge in [-0.1, -0.05) is 64.1 Å². The van der Waals surface area contributed by atoms with Crippen molar-refractivity contribution in [1.29, 1.82) is 0 Å². The van der Waals surface area contributed by atoms with Crippen LogP contribution in [-0.2, 0) is 11.3 Å². The van der Waals surface area contributed by atoms with E-state index >= 15 is 0 Å². The number of allylic oxidation sites excluding steroid dienone is 5. The Morgan fingerprint density at radius 1 is 1.30 bits per heavy atom. The van der Waals surface area contributed by atoms with Gasteiger partial charge in [-0.25, -0.2) is 0 Å². The Hall–Kier alpha value is -2.20. The highest BCUT2D eigenvalue weighted by atomic mass is 16.3. The van der Waals surface area contributed by atoms with Crippen molar-refractivity contribution in [3.63, 3.8) is 0 Å². The largest absolute Gasteiger partial charge is 0.393 e. The summed E-state index contributed by atoms with van der Waals surface area (Å²) in [5, 5.41) is 13.6. The first-order valence-corrected chi connectivity index (χ1v) is 11.3. The van der Waals surface area contributed by atoms with Gasteiger partial charge in [-0.2, -0.15) is 0 Å². The number of hydrogen-bond acceptors (Lipinski definition) is 3. The molecule has 1 aromatic heterocycles. The van der Waals surface area contributed by atoms with Crippen molar-refractivity contribution >= 4 is 5.91 Å². The summed E-state index contributed by atoms with van der Waals surface area (Å²) in [4.78, 5) is 16.7. The minimum atomic E-state index is -0.235. The first-order valence-electron chi connectivity index (χ1n) is 11.3. The summed E-state index contributed by atoms with van der Waals surface area (Å²) < 4.78 is 0. The standard InChI is InChI=1S/C26H36N2O2/c1-5-21(26(30)28-16-20-8-7-13-27-15-20)9-6-10-23-17(2)11-12-22-14-18(3)25(29)19(4)24(22)23/h6-13,15,17-19,22-25,29H,5,14,16H2,1-4H3,(H,28,30)/b10-6+,21-9+/t17-,18+,19-,22-,23-,24-,25-/m0/s1. The zero-order valence-corrected chi connectivity index (χ0v) is 18.7. The Labute approximate surface area is 181 Å². The zero-order valence-electron chi connectivity index (χ0n) is 18.7. The predicted octanol–water partition coefficient (Wildman–Crippen LogP) is 4.68. The Morgan fingerprint density at radius 2 is 2.10 bits per heavy atom. The van der Waals surface area contributed by atoms with Crippen LogP contribution < -0.4 is 5.32 Å². The number of fused-ring (bicyclic) bond motifs is 1. The van der Waals surface area contributed by atoms with Crippen LogP contribution >= 0.6 is 0 Å². The summed E-state index contributed by atoms with van der Waals surface area (Å²) in [5.41, 5.74) is 1.76. The number of carbonyl (C=O) groups excluding carboxylic acids is 1. The second-order valence-electron chi connectivity index (χ2n) is 9.10. The van der Waals surface area contributed by atoms with Crippen molar-refractivity contribution in [3.8, 4) is 0 Å². The van der Waals surface area contributed by atoms with E-state index in [0.717, 1.165) is 17.6 Å². The zero-order chi connectivity index (χ0) is 21.7. The van der Waals surface area contributed by atoms with Crippen LogP contribution in [0.1, 0.15) is 46.1 Å². The fraction of sp³-hybridized carbons (Fsp3) is 0.538. The van der Waals surface area contributed by atoms with Gasteiger partial charge in [-0.15, -0.1) is 0 Å². The maximum absolute atomic E-state index is 12.6. The molecule has 0 radical (unpaired) electrons. The van der Waals surface area contributed by atoms with Crippen LogP contribution in [0.15, 0.2) is 60.5 Å². The number of aromatic nitrogens is 1. The van der Waals surface area contributed by atoms with Gasteiger partial charge in [0.15, 0.2) is 0 Å². The van der Waals surface area contributed by atoms with Crippen LogP contribution in [0.5, 0.6) is 0 Å². The summed E-state index contributed by atoms with van der Waals surface area (Å²) >= 11 is 0. The van der Waals surface area contributed by atoms with E-state index in [2.05, 4.69) is 55.4 Å². The van der Waals surface area contributed by atoms with Gasteiger partial charge in [0, 0.05) is 24.5 Å². The van der Waals surface area contributed by atoms with E-state index in [1.54, 1.807) is 12.4 Å². The van der Waals surface area contributed by atoms with Crippen LogP contribution in [0, 0.1) is 35.5 Å². The second-order valence-corrected chi connectivity index (χ2v) is 9.10. The molecule has 0 unspecified atom stereocenters. The van der Waals surface area contributed by atoms with Crippen LogP contribution in [0.25, 0.3) is 0 Å². The summed E-state index contributed by atoms with van der Waals surface area (Å²) in [7, 11) is 0. The normalized spacial score (nSPS) is 34.0. The van der Waals surface area contributed by atoms with Gasteiger partial charge in [0.1, 0.15) is 0 Å². The number of nitrogens with one attached hydrogen (secondary N) is 1. The van der Waals surface area contributed by atoms with Crippen molar-refractivity contribution in [2.75, 3.05) is 0 Å². The molecule has 30 heavy (non-hydrogen) atoms. The van der Waals surface area contributed by atoms with E-state index < -0.39 is 0 Å². The minimum absolute atomic E-state index is 0.0317. The minimum Gasteiger partial charge on any atom is -0.393 e. The molecule has 4 nitrogen and oxygen atoms in total. The Morgan fingerprint density at radius 3 is 2.80 bits per heavy atom. The molecular formula is C26H36N2O2. The van der Waals surface area contributed by atoms with Gasteiger partial charge < -0.3 is 10.4 Å². The highest BCUT2D eigenvalue weighted by Gasteiger charge is 2.44. The molecule has 162 valence electrons. The van der Waals surface area contributed by atoms with Crippen LogP contribution in [0.4, 0.5) is 0 Å². The maximum atomic E-state index is 12.6. The smallest absolute Gasteiger partial charge is 0.247 e. The van der Waals surface area contributed by atoms with Crippen LogP contribution in [0.3, 0.4) is 0 Å². The molecule has 1 fully saturated rings. The van der Waals surface area contributed by atoms with Crippen LogP contribution in [-0.4, -0.2) is 22.1 Å². The van der Waals surface area contributed by atoms with E-state index in [1.165, 1.54) is 0 Å². The molecule has 3 rings (SSSR count). The van der Waals surface area contributed by atoms with Gasteiger partial charge in [-0.3, -0.25) is 9.78 Å². The lowest BCUT2D eigenvalue weighted by Crippen LogP contribution is -2.46. The molecule has 0 spiro atoms. The number of amides is 1. The van der Waals surface area contributed by atoms with E-state index in [0.29, 0.717) is 42.6 Å². The maximum Gasteiger partial charge on any atom is 0.247 e. The molecule has 1 saturated carbocycles. The van der Waals surface area contributed by atoms with Crippen LogP contribution in [0.2, 0.25) is 0 Å². The monoisotopic (exact) mass is 408 g/mol. The Bertz CT molecular complexity index is 799. The third-order valence-electron chi connectivity index (χ3n) is 7.06. The van der Waals surface area contributed by atoms with Crippen molar-refractivity contribution in [2.45, 2.75) is 53.2 Å². The van der Waals surface area contributed by atoms with E-state index in [4.69, 9.17) is 0 Å². The number of pyridine rings is 1. The van der Waals surface area contributed by atoms with Gasteiger partial charge in [-0.05, 0) is 60.0 Å². The second kappa shape index (κ2) is 10.2. The molecule has 2 aliphatic rings. The molecule has 0 aromatic carbocycles. The fourth-order valence-corrected chi connectivity index (χ4v) is 5.26. The lowest BCUT2D eigenvalue weighted by Gasteiger charge is -2.48. The molecule has 0 bridgehead atoms. The first kappa shape index (κ1) is 22.5. The molecule has 2 aliphatic carbocycles. The summed E-state index contributed by atoms with van der Waals surface area (Å²) in [5.74, 6) is 2.38. The lowest BCUT2D eigenvalue weighted by molar-refractivity contribution is -0.117. The Kier molecular flexibility index (Phi) is 7.65. The fourth-order valence-electron chi connectivity index (χ4n) is 5.26. The molecular weight excluding hydrogens is 372 g/mol. The molecule has 4 heteroatoms. The molecule has 0 aliphatic heterocycles. The molecule has 2 N–H and O–H groups in total. The average molecular weight is 409 g/mol. The highest BCUT2D eigenvalue weighted by molar-refractivity contribution is 5.93. The molecule has 1 heterocycles. The topological polar surface area (TPSA) is 62.2 Å². The van der Waals surface area contributed by atoms with E-state index in [9.17, 15) is 9.90 Å². The SMILES string of the molecule is CC/C(=C\C=C\[C@@H]1[C@H]2[C@H](C)[C@@H](O)[C@H](C)C[C@@H]2C=C[C@@H]1C)C(=O)NCc1cccnc1. The number of carbonyl (C=O) groups is 1. The number of hydrogen-bond donors (Lipinski definition) is 2. The first-order chi connectivity index (χ1) is 14.4. The van der Waals surface area contributed by atoms with Gasteiger partial charge in [0.25, 0.3) is 0 Å². The number of rotatable bonds is 6. The highest BCUT2D eigenvalue weighted by Crippen LogP contribution is 2.48. The van der Waals surface area contributed by atoms with E-state index in [1.807, 2.05) is 25.1 Å². The number of aliphatic hydroxyl groups excluding tert-OH is 1. The summed E-state index contributed by atoms with van der Waals surface area (Å²) in [6.07, 6.45) is 16.0. The van der Waals surface area contributed by atoms with Gasteiger partial charge in [0.2, 0.25) is 5.91 Å². The quantitative estimate of drug-likeness (QED) is 0.408. The predicted molar refractivity (Wildman–Crippen MR) is 121 cm³/mol.